The Morgan fingerprint density at radius 1 is 1.36 bits per heavy atom. The van der Waals surface area contributed by atoms with E-state index < -0.39 is 21.4 Å². The number of nitrogens with one attached hydrogen (secondary N) is 1. The highest BCUT2D eigenvalue weighted by atomic mass is 32.2. The van der Waals surface area contributed by atoms with E-state index in [4.69, 9.17) is 0 Å². The smallest absolute Gasteiger partial charge is 0.336 e. The second-order valence-corrected chi connectivity index (χ2v) is 7.64. The van der Waals surface area contributed by atoms with Gasteiger partial charge in [-0.25, -0.2) is 13.2 Å². The number of aromatic nitrogens is 2. The first-order chi connectivity index (χ1) is 10.4. The molecule has 1 aliphatic heterocycles. The normalized spacial score (nSPS) is 20.1. The third-order valence-corrected chi connectivity index (χ3v) is 5.67. The predicted molar refractivity (Wildman–Crippen MR) is 81.5 cm³/mol. The number of nitrogens with zero attached hydrogens (tertiary/aromatic N) is 2. The van der Waals surface area contributed by atoms with E-state index in [1.807, 2.05) is 0 Å². The van der Waals surface area contributed by atoms with Gasteiger partial charge in [-0.15, -0.1) is 0 Å². The molecule has 0 radical (unpaired) electrons. The van der Waals surface area contributed by atoms with Crippen LogP contribution in [0.3, 0.4) is 0 Å². The fourth-order valence-electron chi connectivity index (χ4n) is 2.68. The zero-order valence-electron chi connectivity index (χ0n) is 11.9. The van der Waals surface area contributed by atoms with Gasteiger partial charge >= 0.3 is 5.69 Å². The van der Waals surface area contributed by atoms with E-state index >= 15 is 0 Å². The Kier molecular flexibility index (Phi) is 3.48. The highest BCUT2D eigenvalue weighted by Crippen LogP contribution is 2.20. The number of rotatable bonds is 2. The monoisotopic (exact) mass is 321 g/mol. The number of hydrogen-bond acceptors (Lipinski definition) is 5. The van der Waals surface area contributed by atoms with Crippen LogP contribution in [0.15, 0.2) is 29.1 Å². The van der Waals surface area contributed by atoms with Crippen LogP contribution in [0.25, 0.3) is 10.9 Å². The number of aromatic amines is 1. The first-order valence-electron chi connectivity index (χ1n) is 6.84. The molecule has 1 aliphatic rings. The summed E-state index contributed by atoms with van der Waals surface area (Å²) in [5, 5.41) is 0.541. The third kappa shape index (κ3) is 2.61. The van der Waals surface area contributed by atoms with Gasteiger partial charge in [0.15, 0.2) is 9.84 Å². The van der Waals surface area contributed by atoms with Gasteiger partial charge in [-0.2, -0.15) is 4.98 Å². The van der Waals surface area contributed by atoms with Crippen LogP contribution >= 0.6 is 0 Å². The zero-order chi connectivity index (χ0) is 15.9. The van der Waals surface area contributed by atoms with E-state index in [0.717, 1.165) is 0 Å². The lowest BCUT2D eigenvalue weighted by Gasteiger charge is -2.23. The summed E-state index contributed by atoms with van der Waals surface area (Å²) in [5.74, 6) is -0.403. The fraction of sp³-hybridized carbons (Fsp3) is 0.357. The van der Waals surface area contributed by atoms with Crippen molar-refractivity contribution in [1.82, 2.24) is 14.9 Å². The van der Waals surface area contributed by atoms with Crippen LogP contribution in [-0.2, 0) is 9.84 Å². The van der Waals surface area contributed by atoms with Crippen molar-refractivity contribution in [3.63, 3.8) is 0 Å². The van der Waals surface area contributed by atoms with E-state index in [1.165, 1.54) is 4.90 Å². The lowest BCUT2D eigenvalue weighted by atomic mass is 10.1. The van der Waals surface area contributed by atoms with Crippen molar-refractivity contribution in [2.75, 3.05) is 18.6 Å². The van der Waals surface area contributed by atoms with Crippen molar-refractivity contribution in [3.8, 4) is 0 Å². The molecule has 0 spiro atoms. The molecule has 3 rings (SSSR count). The Labute approximate surface area is 126 Å². The van der Waals surface area contributed by atoms with E-state index in [0.29, 0.717) is 17.3 Å². The van der Waals surface area contributed by atoms with Crippen LogP contribution in [0, 0.1) is 0 Å². The van der Waals surface area contributed by atoms with Crippen molar-refractivity contribution in [1.29, 1.82) is 0 Å². The third-order valence-electron chi connectivity index (χ3n) is 3.92. The molecule has 0 aliphatic carbocycles. The van der Waals surface area contributed by atoms with Crippen LogP contribution in [0.5, 0.6) is 0 Å². The first-order valence-corrected chi connectivity index (χ1v) is 8.66. The largest absolute Gasteiger partial charge is 0.346 e. The van der Waals surface area contributed by atoms with Gasteiger partial charge in [0.2, 0.25) is 0 Å². The summed E-state index contributed by atoms with van der Waals surface area (Å²) in [4.78, 5) is 32.0. The minimum absolute atomic E-state index is 0.0453. The van der Waals surface area contributed by atoms with Crippen molar-refractivity contribution in [2.24, 2.45) is 0 Å². The molecule has 0 bridgehead atoms. The summed E-state index contributed by atoms with van der Waals surface area (Å²) in [7, 11) is -1.54. The molecule has 0 saturated carbocycles. The van der Waals surface area contributed by atoms with Gasteiger partial charge in [0, 0.05) is 18.5 Å². The van der Waals surface area contributed by atoms with Gasteiger partial charge in [-0.3, -0.25) is 4.79 Å². The minimum atomic E-state index is -3.09. The first kappa shape index (κ1) is 14.7. The Bertz CT molecular complexity index is 904. The standard InChI is InChI=1S/C14H15N3O4S/c1-17(9-6-7-22(20,21)8-9)13(18)12-10-4-2-3-5-11(10)15-14(19)16-12/h2-5,9H,6-8H2,1H3,(H,15,16,19). The maximum Gasteiger partial charge on any atom is 0.346 e. The summed E-state index contributed by atoms with van der Waals surface area (Å²) >= 11 is 0. The molecule has 1 aromatic carbocycles. The number of para-hydroxylation sites is 1. The van der Waals surface area contributed by atoms with E-state index in [2.05, 4.69) is 9.97 Å². The number of amides is 1. The number of carbonyl (C=O) groups excluding carboxylic acids is 1. The maximum absolute atomic E-state index is 12.6. The van der Waals surface area contributed by atoms with E-state index in [9.17, 15) is 18.0 Å². The maximum atomic E-state index is 12.6. The molecule has 8 heteroatoms. The average Bonchev–Trinajstić information content (AvgIpc) is 2.85. The Hall–Kier alpha value is -2.22. The van der Waals surface area contributed by atoms with Gasteiger partial charge in [0.1, 0.15) is 5.69 Å². The Morgan fingerprint density at radius 3 is 2.77 bits per heavy atom. The van der Waals surface area contributed by atoms with Crippen LogP contribution in [0.1, 0.15) is 16.9 Å². The Balaban J connectivity index is 2.00. The molecule has 22 heavy (non-hydrogen) atoms. The molecule has 1 atom stereocenters. The van der Waals surface area contributed by atoms with Gasteiger partial charge < -0.3 is 9.88 Å². The summed E-state index contributed by atoms with van der Waals surface area (Å²) in [6.45, 7) is 0. The molecule has 1 fully saturated rings. The van der Waals surface area contributed by atoms with Gasteiger partial charge in [0.25, 0.3) is 5.91 Å². The number of hydrogen-bond donors (Lipinski definition) is 1. The van der Waals surface area contributed by atoms with E-state index in [1.54, 1.807) is 31.3 Å². The zero-order valence-corrected chi connectivity index (χ0v) is 12.8. The van der Waals surface area contributed by atoms with Crippen molar-refractivity contribution >= 4 is 26.6 Å². The molecular weight excluding hydrogens is 306 g/mol. The fourth-order valence-corrected chi connectivity index (χ4v) is 4.45. The molecule has 1 N–H and O–H groups in total. The van der Waals surface area contributed by atoms with Gasteiger partial charge in [-0.1, -0.05) is 18.2 Å². The molecule has 1 saturated heterocycles. The summed E-state index contributed by atoms with van der Waals surface area (Å²) in [6, 6.07) is 6.51. The predicted octanol–water partition coefficient (Wildman–Crippen LogP) is 0.182. The molecule has 2 aromatic rings. The number of fused-ring (bicyclic) bond motifs is 1. The summed E-state index contributed by atoms with van der Waals surface area (Å²) in [5.41, 5.74) is -0.0288. The molecule has 2 heterocycles. The average molecular weight is 321 g/mol. The number of carbonyl (C=O) groups is 1. The quantitative estimate of drug-likeness (QED) is 0.850. The molecule has 1 amide bonds. The summed E-state index contributed by atoms with van der Waals surface area (Å²) < 4.78 is 23.1. The molecular formula is C14H15N3O4S. The SMILES string of the molecule is CN(C(=O)c1nc(=O)[nH]c2ccccc12)C1CCS(=O)(=O)C1. The van der Waals surface area contributed by atoms with Gasteiger partial charge in [-0.05, 0) is 12.5 Å². The molecule has 7 nitrogen and oxygen atoms in total. The highest BCUT2D eigenvalue weighted by Gasteiger charge is 2.33. The Morgan fingerprint density at radius 2 is 2.09 bits per heavy atom. The highest BCUT2D eigenvalue weighted by molar-refractivity contribution is 7.91. The topological polar surface area (TPSA) is 100 Å². The minimum Gasteiger partial charge on any atom is -0.336 e. The molecule has 1 aromatic heterocycles. The van der Waals surface area contributed by atoms with Crippen molar-refractivity contribution in [3.05, 3.63) is 40.4 Å². The second-order valence-electron chi connectivity index (χ2n) is 5.41. The van der Waals surface area contributed by atoms with Crippen LogP contribution in [-0.4, -0.2) is 53.8 Å². The molecule has 1 unspecified atom stereocenters. The van der Waals surface area contributed by atoms with Crippen LogP contribution < -0.4 is 5.69 Å². The van der Waals surface area contributed by atoms with Crippen LogP contribution in [0.2, 0.25) is 0 Å². The molecule has 116 valence electrons. The van der Waals surface area contributed by atoms with E-state index in [-0.39, 0.29) is 23.2 Å². The van der Waals surface area contributed by atoms with Crippen LogP contribution in [0.4, 0.5) is 0 Å². The number of H-pyrrole nitrogens is 1. The lowest BCUT2D eigenvalue weighted by molar-refractivity contribution is 0.0743. The van der Waals surface area contributed by atoms with Gasteiger partial charge in [0.05, 0.1) is 17.0 Å². The van der Waals surface area contributed by atoms with Crippen molar-refractivity contribution in [2.45, 2.75) is 12.5 Å². The summed E-state index contributed by atoms with van der Waals surface area (Å²) in [6.07, 6.45) is 0.408. The second kappa shape index (κ2) is 5.20. The van der Waals surface area contributed by atoms with Crippen molar-refractivity contribution < 1.29 is 13.2 Å². The lowest BCUT2D eigenvalue weighted by Crippen LogP contribution is -2.39. The number of sulfone groups is 1. The number of benzene rings is 1.